The van der Waals surface area contributed by atoms with Gasteiger partial charge in [0.25, 0.3) is 0 Å². The van der Waals surface area contributed by atoms with Crippen LogP contribution in [0.2, 0.25) is 5.15 Å². The van der Waals surface area contributed by atoms with Gasteiger partial charge in [0.2, 0.25) is 11.0 Å². The third-order valence-corrected chi connectivity index (χ3v) is 3.13. The summed E-state index contributed by atoms with van der Waals surface area (Å²) in [6.07, 6.45) is 2.26. The highest BCUT2D eigenvalue weighted by molar-refractivity contribution is 6.31. The van der Waals surface area contributed by atoms with Crippen molar-refractivity contribution in [3.63, 3.8) is 0 Å². The van der Waals surface area contributed by atoms with Crippen LogP contribution < -0.4 is 4.90 Å². The first-order chi connectivity index (χ1) is 8.51. The standard InChI is InChI=1S/C11H17ClN4O2/c1-4-8(3)6-15(5-2)11-9(16(17)18)10(12)13-7-14-11/h7-8H,4-6H2,1-3H3. The Morgan fingerprint density at radius 1 is 1.50 bits per heavy atom. The number of rotatable bonds is 6. The van der Waals surface area contributed by atoms with E-state index in [-0.39, 0.29) is 10.8 Å². The monoisotopic (exact) mass is 272 g/mol. The second-order valence-corrected chi connectivity index (χ2v) is 4.50. The number of nitrogens with zero attached hydrogens (tertiary/aromatic N) is 4. The van der Waals surface area contributed by atoms with Crippen LogP contribution in [0.1, 0.15) is 27.2 Å². The lowest BCUT2D eigenvalue weighted by atomic mass is 10.1. The fraction of sp³-hybridized carbons (Fsp3) is 0.636. The summed E-state index contributed by atoms with van der Waals surface area (Å²) >= 11 is 5.78. The molecule has 0 radical (unpaired) electrons. The molecule has 18 heavy (non-hydrogen) atoms. The third-order valence-electron chi connectivity index (χ3n) is 2.85. The van der Waals surface area contributed by atoms with Crippen LogP contribution in [0.25, 0.3) is 0 Å². The quantitative estimate of drug-likeness (QED) is 0.452. The number of hydrogen-bond donors (Lipinski definition) is 0. The molecule has 0 aromatic carbocycles. The molecule has 0 amide bonds. The van der Waals surface area contributed by atoms with Crippen molar-refractivity contribution >= 4 is 23.1 Å². The van der Waals surface area contributed by atoms with Crippen molar-refractivity contribution in [2.75, 3.05) is 18.0 Å². The van der Waals surface area contributed by atoms with Crippen molar-refractivity contribution in [3.05, 3.63) is 21.6 Å². The van der Waals surface area contributed by atoms with E-state index in [1.165, 1.54) is 6.33 Å². The summed E-state index contributed by atoms with van der Waals surface area (Å²) in [6.45, 7) is 7.46. The van der Waals surface area contributed by atoms with E-state index in [9.17, 15) is 10.1 Å². The van der Waals surface area contributed by atoms with Gasteiger partial charge in [-0.05, 0) is 12.8 Å². The number of nitro groups is 1. The molecule has 100 valence electrons. The van der Waals surface area contributed by atoms with Gasteiger partial charge in [0.1, 0.15) is 6.33 Å². The average Bonchev–Trinajstić information content (AvgIpc) is 2.34. The van der Waals surface area contributed by atoms with Crippen molar-refractivity contribution in [1.82, 2.24) is 9.97 Å². The molecule has 0 saturated heterocycles. The van der Waals surface area contributed by atoms with E-state index in [4.69, 9.17) is 11.6 Å². The zero-order valence-electron chi connectivity index (χ0n) is 10.8. The summed E-state index contributed by atoms with van der Waals surface area (Å²) in [7, 11) is 0. The van der Waals surface area contributed by atoms with E-state index in [1.807, 2.05) is 11.8 Å². The first kappa shape index (κ1) is 14.6. The molecule has 6 nitrogen and oxygen atoms in total. The Kier molecular flexibility index (Phi) is 5.27. The van der Waals surface area contributed by atoms with Crippen molar-refractivity contribution in [1.29, 1.82) is 0 Å². The van der Waals surface area contributed by atoms with Gasteiger partial charge in [-0.1, -0.05) is 31.9 Å². The second kappa shape index (κ2) is 6.49. The van der Waals surface area contributed by atoms with Gasteiger partial charge in [0.05, 0.1) is 4.92 Å². The maximum Gasteiger partial charge on any atom is 0.348 e. The van der Waals surface area contributed by atoms with Crippen LogP contribution in [-0.4, -0.2) is 28.0 Å². The Morgan fingerprint density at radius 2 is 2.17 bits per heavy atom. The number of aromatic nitrogens is 2. The van der Waals surface area contributed by atoms with E-state index in [2.05, 4.69) is 23.8 Å². The zero-order valence-corrected chi connectivity index (χ0v) is 11.5. The maximum atomic E-state index is 11.0. The molecule has 0 aliphatic rings. The molecule has 0 aliphatic carbocycles. The first-order valence-corrected chi connectivity index (χ1v) is 6.28. The normalized spacial score (nSPS) is 12.2. The van der Waals surface area contributed by atoms with Gasteiger partial charge in [0, 0.05) is 13.1 Å². The van der Waals surface area contributed by atoms with Crippen LogP contribution in [0.3, 0.4) is 0 Å². The Morgan fingerprint density at radius 3 is 2.67 bits per heavy atom. The molecular weight excluding hydrogens is 256 g/mol. The molecule has 7 heteroatoms. The highest BCUT2D eigenvalue weighted by Gasteiger charge is 2.25. The molecule has 1 aromatic rings. The van der Waals surface area contributed by atoms with E-state index >= 15 is 0 Å². The highest BCUT2D eigenvalue weighted by atomic mass is 35.5. The minimum atomic E-state index is -0.531. The van der Waals surface area contributed by atoms with Gasteiger partial charge in [-0.2, -0.15) is 0 Å². The Hall–Kier alpha value is -1.43. The summed E-state index contributed by atoms with van der Waals surface area (Å²) in [4.78, 5) is 20.0. The Bertz CT molecular complexity index is 428. The Balaban J connectivity index is 3.13. The predicted molar refractivity (Wildman–Crippen MR) is 71.0 cm³/mol. The van der Waals surface area contributed by atoms with Crippen molar-refractivity contribution in [2.24, 2.45) is 5.92 Å². The van der Waals surface area contributed by atoms with Gasteiger partial charge in [-0.15, -0.1) is 0 Å². The molecule has 0 N–H and O–H groups in total. The Labute approximate surface area is 111 Å². The molecule has 0 saturated carbocycles. The minimum Gasteiger partial charge on any atom is -0.351 e. The van der Waals surface area contributed by atoms with Crippen LogP contribution in [0.4, 0.5) is 11.5 Å². The molecule has 1 atom stereocenters. The third kappa shape index (κ3) is 3.29. The second-order valence-electron chi connectivity index (χ2n) is 4.15. The fourth-order valence-corrected chi connectivity index (χ4v) is 1.81. The molecule has 1 aromatic heterocycles. The van der Waals surface area contributed by atoms with Crippen LogP contribution in [-0.2, 0) is 0 Å². The highest BCUT2D eigenvalue weighted by Crippen LogP contribution is 2.31. The summed E-state index contributed by atoms with van der Waals surface area (Å²) in [5, 5.41) is 10.9. The van der Waals surface area contributed by atoms with Crippen molar-refractivity contribution in [2.45, 2.75) is 27.2 Å². The topological polar surface area (TPSA) is 72.2 Å². The largest absolute Gasteiger partial charge is 0.351 e. The lowest BCUT2D eigenvalue weighted by molar-refractivity contribution is -0.384. The number of hydrogen-bond acceptors (Lipinski definition) is 5. The van der Waals surface area contributed by atoms with Crippen LogP contribution in [0.15, 0.2) is 6.33 Å². The molecular formula is C11H17ClN4O2. The zero-order chi connectivity index (χ0) is 13.7. The average molecular weight is 273 g/mol. The van der Waals surface area contributed by atoms with Crippen molar-refractivity contribution in [3.8, 4) is 0 Å². The van der Waals surface area contributed by atoms with Gasteiger partial charge in [0.15, 0.2) is 0 Å². The molecule has 0 bridgehead atoms. The molecule has 1 unspecified atom stereocenters. The van der Waals surface area contributed by atoms with E-state index < -0.39 is 4.92 Å². The molecule has 1 heterocycles. The van der Waals surface area contributed by atoms with Crippen LogP contribution in [0, 0.1) is 16.0 Å². The fourth-order valence-electron chi connectivity index (χ4n) is 1.61. The lowest BCUT2D eigenvalue weighted by Crippen LogP contribution is -2.29. The van der Waals surface area contributed by atoms with Crippen molar-refractivity contribution < 1.29 is 4.92 Å². The van der Waals surface area contributed by atoms with Crippen LogP contribution >= 0.6 is 11.6 Å². The van der Waals surface area contributed by atoms with E-state index in [1.54, 1.807) is 0 Å². The smallest absolute Gasteiger partial charge is 0.348 e. The SMILES string of the molecule is CCC(C)CN(CC)c1ncnc(Cl)c1[N+](=O)[O-]. The maximum absolute atomic E-state index is 11.0. The van der Waals surface area contributed by atoms with Gasteiger partial charge < -0.3 is 4.90 Å². The van der Waals surface area contributed by atoms with E-state index in [0.717, 1.165) is 6.42 Å². The minimum absolute atomic E-state index is 0.118. The summed E-state index contributed by atoms with van der Waals surface area (Å²) in [5.41, 5.74) is -0.218. The predicted octanol–water partition coefficient (Wildman–Crippen LogP) is 2.91. The van der Waals surface area contributed by atoms with Gasteiger partial charge in [-0.25, -0.2) is 9.97 Å². The molecule has 0 fully saturated rings. The number of anilines is 1. The summed E-state index contributed by atoms with van der Waals surface area (Å²) in [5.74, 6) is 0.723. The van der Waals surface area contributed by atoms with Gasteiger partial charge in [-0.3, -0.25) is 10.1 Å². The first-order valence-electron chi connectivity index (χ1n) is 5.91. The summed E-state index contributed by atoms with van der Waals surface area (Å²) in [6, 6.07) is 0. The van der Waals surface area contributed by atoms with E-state index in [0.29, 0.717) is 24.8 Å². The number of halogens is 1. The van der Waals surface area contributed by atoms with Crippen LogP contribution in [0.5, 0.6) is 0 Å². The molecule has 1 rings (SSSR count). The molecule has 0 spiro atoms. The lowest BCUT2D eigenvalue weighted by Gasteiger charge is -2.24. The van der Waals surface area contributed by atoms with Gasteiger partial charge >= 0.3 is 5.69 Å². The molecule has 0 aliphatic heterocycles. The summed E-state index contributed by atoms with van der Waals surface area (Å²) < 4.78 is 0.